The lowest BCUT2D eigenvalue weighted by Gasteiger charge is -2.26. The van der Waals surface area contributed by atoms with Crippen molar-refractivity contribution in [1.29, 1.82) is 0 Å². The molecule has 0 radical (unpaired) electrons. The van der Waals surface area contributed by atoms with Crippen LogP contribution in [0.2, 0.25) is 0 Å². The number of amides is 3. The van der Waals surface area contributed by atoms with Gasteiger partial charge in [0.15, 0.2) is 0 Å². The molecule has 1 fully saturated rings. The molecule has 162 valence electrons. The van der Waals surface area contributed by atoms with E-state index in [0.717, 1.165) is 22.4 Å². The van der Waals surface area contributed by atoms with Crippen LogP contribution in [0.1, 0.15) is 16.7 Å². The summed E-state index contributed by atoms with van der Waals surface area (Å²) in [7, 11) is -1.95. The fourth-order valence-corrected chi connectivity index (χ4v) is 4.54. The summed E-state index contributed by atoms with van der Waals surface area (Å²) in [5, 5.41) is 5.39. The van der Waals surface area contributed by atoms with Crippen LogP contribution in [0.3, 0.4) is 0 Å². The van der Waals surface area contributed by atoms with Crippen molar-refractivity contribution in [2.24, 2.45) is 0 Å². The Labute approximate surface area is 172 Å². The van der Waals surface area contributed by atoms with Crippen LogP contribution >= 0.6 is 0 Å². The van der Waals surface area contributed by atoms with Crippen LogP contribution in [0.25, 0.3) is 0 Å². The number of hydrogen-bond donors (Lipinski definition) is 2. The molecular weight excluding hydrogens is 396 g/mol. The number of hydrogen-bond acceptors (Lipinski definition) is 5. The minimum atomic E-state index is -3.44. The summed E-state index contributed by atoms with van der Waals surface area (Å²) in [5.74, 6) is -0.515. The largest absolute Gasteiger partial charge is 0.379 e. The Hall–Kier alpha value is -2.17. The number of anilines is 1. The molecule has 0 unspecified atom stereocenters. The lowest BCUT2D eigenvalue weighted by molar-refractivity contribution is -0.116. The number of carbonyl (C=O) groups excluding carboxylic acids is 2. The van der Waals surface area contributed by atoms with Crippen molar-refractivity contribution in [3.63, 3.8) is 0 Å². The first-order valence-electron chi connectivity index (χ1n) is 9.52. The van der Waals surface area contributed by atoms with Gasteiger partial charge in [-0.3, -0.25) is 4.79 Å². The van der Waals surface area contributed by atoms with Crippen molar-refractivity contribution < 1.29 is 22.7 Å². The third-order valence-corrected chi connectivity index (χ3v) is 6.54. The number of urea groups is 1. The maximum atomic E-state index is 12.3. The lowest BCUT2D eigenvalue weighted by Crippen LogP contribution is -2.46. The molecule has 2 rings (SSSR count). The quantitative estimate of drug-likeness (QED) is 0.672. The Bertz CT molecular complexity index is 827. The van der Waals surface area contributed by atoms with Crippen molar-refractivity contribution in [3.05, 3.63) is 28.8 Å². The zero-order valence-corrected chi connectivity index (χ0v) is 18.3. The van der Waals surface area contributed by atoms with Gasteiger partial charge in [0.25, 0.3) is 0 Å². The summed E-state index contributed by atoms with van der Waals surface area (Å²) in [6, 6.07) is 3.46. The number of likely N-dealkylation sites (N-methyl/N-ethyl adjacent to an activating group) is 1. The minimum Gasteiger partial charge on any atom is -0.379 e. The maximum absolute atomic E-state index is 12.3. The van der Waals surface area contributed by atoms with E-state index < -0.39 is 16.1 Å². The van der Waals surface area contributed by atoms with Gasteiger partial charge in [0.2, 0.25) is 15.9 Å². The van der Waals surface area contributed by atoms with Crippen LogP contribution in [0.15, 0.2) is 12.1 Å². The average Bonchev–Trinajstić information content (AvgIpc) is 2.65. The van der Waals surface area contributed by atoms with Crippen molar-refractivity contribution in [2.45, 2.75) is 20.8 Å². The number of nitrogens with one attached hydrogen (secondary N) is 2. The predicted molar refractivity (Wildman–Crippen MR) is 111 cm³/mol. The van der Waals surface area contributed by atoms with Gasteiger partial charge in [-0.2, -0.15) is 4.31 Å². The molecule has 2 N–H and O–H groups in total. The Morgan fingerprint density at radius 3 is 2.31 bits per heavy atom. The molecule has 0 bridgehead atoms. The molecule has 0 aliphatic carbocycles. The third kappa shape index (κ3) is 6.69. The highest BCUT2D eigenvalue weighted by Crippen LogP contribution is 2.21. The van der Waals surface area contributed by atoms with E-state index in [9.17, 15) is 18.0 Å². The average molecular weight is 427 g/mol. The van der Waals surface area contributed by atoms with E-state index in [4.69, 9.17) is 4.74 Å². The van der Waals surface area contributed by atoms with Gasteiger partial charge < -0.3 is 20.3 Å². The molecule has 0 saturated carbocycles. The van der Waals surface area contributed by atoms with E-state index in [1.807, 2.05) is 32.9 Å². The second-order valence-corrected chi connectivity index (χ2v) is 9.33. The van der Waals surface area contributed by atoms with E-state index >= 15 is 0 Å². The molecule has 1 saturated heterocycles. The highest BCUT2D eigenvalue weighted by atomic mass is 32.2. The number of ether oxygens (including phenoxy) is 1. The number of carbonyl (C=O) groups is 2. The van der Waals surface area contributed by atoms with Crippen LogP contribution in [-0.4, -0.2) is 81.8 Å². The van der Waals surface area contributed by atoms with Crippen molar-refractivity contribution in [2.75, 3.05) is 57.5 Å². The number of rotatable bonds is 7. The van der Waals surface area contributed by atoms with Gasteiger partial charge in [-0.25, -0.2) is 13.2 Å². The molecule has 1 aromatic carbocycles. The van der Waals surface area contributed by atoms with Crippen molar-refractivity contribution >= 4 is 27.6 Å². The van der Waals surface area contributed by atoms with E-state index in [1.54, 1.807) is 0 Å². The normalized spacial score (nSPS) is 15.0. The highest BCUT2D eigenvalue weighted by molar-refractivity contribution is 7.89. The Kier molecular flexibility index (Phi) is 8.00. The molecule has 1 aliphatic heterocycles. The minimum absolute atomic E-state index is 0.0271. The van der Waals surface area contributed by atoms with Gasteiger partial charge in [0.1, 0.15) is 6.54 Å². The second kappa shape index (κ2) is 10.0. The van der Waals surface area contributed by atoms with Crippen molar-refractivity contribution in [1.82, 2.24) is 14.5 Å². The molecular formula is C19H30N4O5S. The maximum Gasteiger partial charge on any atom is 0.317 e. The third-order valence-electron chi connectivity index (χ3n) is 4.67. The molecule has 10 heteroatoms. The first kappa shape index (κ1) is 23.1. The molecule has 1 aliphatic rings. The van der Waals surface area contributed by atoms with E-state index in [2.05, 4.69) is 10.6 Å². The van der Waals surface area contributed by atoms with Crippen LogP contribution in [0.4, 0.5) is 10.5 Å². The summed E-state index contributed by atoms with van der Waals surface area (Å²) < 4.78 is 31.0. The van der Waals surface area contributed by atoms with Crippen LogP contribution in [-0.2, 0) is 19.6 Å². The van der Waals surface area contributed by atoms with Crippen LogP contribution in [0, 0.1) is 20.8 Å². The van der Waals surface area contributed by atoms with Crippen molar-refractivity contribution in [3.8, 4) is 0 Å². The van der Waals surface area contributed by atoms with Crippen LogP contribution < -0.4 is 10.6 Å². The summed E-state index contributed by atoms with van der Waals surface area (Å²) >= 11 is 0. The van der Waals surface area contributed by atoms with Gasteiger partial charge in [-0.1, -0.05) is 17.7 Å². The van der Waals surface area contributed by atoms with Gasteiger partial charge in [-0.05, 0) is 31.9 Å². The van der Waals surface area contributed by atoms with Gasteiger partial charge in [0, 0.05) is 32.4 Å². The van der Waals surface area contributed by atoms with Gasteiger partial charge in [-0.15, -0.1) is 0 Å². The van der Waals surface area contributed by atoms with E-state index in [0.29, 0.717) is 26.3 Å². The number of sulfonamides is 1. The zero-order valence-electron chi connectivity index (χ0n) is 17.4. The number of morpholine rings is 1. The van der Waals surface area contributed by atoms with Crippen LogP contribution in [0.5, 0.6) is 0 Å². The molecule has 3 amide bonds. The summed E-state index contributed by atoms with van der Waals surface area (Å²) in [6.07, 6.45) is 0. The number of aryl methyl sites for hydroxylation is 3. The second-order valence-electron chi connectivity index (χ2n) is 7.24. The summed E-state index contributed by atoms with van der Waals surface area (Å²) in [6.45, 7) is 7.06. The predicted octanol–water partition coefficient (Wildman–Crippen LogP) is 0.854. The summed E-state index contributed by atoms with van der Waals surface area (Å²) in [4.78, 5) is 25.7. The topological polar surface area (TPSA) is 108 Å². The standard InChI is InChI=1S/C19H30N4O5S/c1-14-11-15(2)18(16(3)12-14)21-17(24)13-22(4)19(25)20-5-10-29(26,27)23-6-8-28-9-7-23/h11-12H,5-10,13H2,1-4H3,(H,20,25)(H,21,24). The Morgan fingerprint density at radius 1 is 1.14 bits per heavy atom. The SMILES string of the molecule is Cc1cc(C)c(NC(=O)CN(C)C(=O)NCCS(=O)(=O)N2CCOCC2)c(C)c1. The fraction of sp³-hybridized carbons (Fsp3) is 0.579. The molecule has 29 heavy (non-hydrogen) atoms. The first-order valence-corrected chi connectivity index (χ1v) is 11.1. The van der Waals surface area contributed by atoms with Gasteiger partial charge in [0.05, 0.1) is 19.0 Å². The molecule has 1 heterocycles. The lowest BCUT2D eigenvalue weighted by atomic mass is 10.1. The molecule has 0 spiro atoms. The molecule has 0 atom stereocenters. The molecule has 1 aromatic rings. The molecule has 0 aromatic heterocycles. The summed E-state index contributed by atoms with van der Waals surface area (Å²) in [5.41, 5.74) is 3.76. The zero-order chi connectivity index (χ0) is 21.6. The first-order chi connectivity index (χ1) is 13.6. The Morgan fingerprint density at radius 2 is 1.72 bits per heavy atom. The fourth-order valence-electron chi connectivity index (χ4n) is 3.22. The highest BCUT2D eigenvalue weighted by Gasteiger charge is 2.24. The number of benzene rings is 1. The van der Waals surface area contributed by atoms with Gasteiger partial charge >= 0.3 is 6.03 Å². The van der Waals surface area contributed by atoms with E-state index in [1.165, 1.54) is 16.3 Å². The van der Waals surface area contributed by atoms with E-state index in [-0.39, 0.29) is 24.7 Å². The molecule has 9 nitrogen and oxygen atoms in total. The monoisotopic (exact) mass is 426 g/mol. The smallest absolute Gasteiger partial charge is 0.317 e. The number of nitrogens with zero attached hydrogens (tertiary/aromatic N) is 2. The Balaban J connectivity index is 1.80.